The lowest BCUT2D eigenvalue weighted by Crippen LogP contribution is -2.42. The molecule has 0 saturated carbocycles. The first-order valence-electron chi connectivity index (χ1n) is 7.37. The molecule has 2 saturated heterocycles. The lowest BCUT2D eigenvalue weighted by Gasteiger charge is -2.20. The Morgan fingerprint density at radius 3 is 3.00 bits per heavy atom. The Morgan fingerprint density at radius 2 is 2.29 bits per heavy atom. The molecule has 0 unspecified atom stereocenters. The molecule has 5 heteroatoms. The van der Waals surface area contributed by atoms with Crippen LogP contribution >= 0.6 is 11.3 Å². The van der Waals surface area contributed by atoms with Crippen molar-refractivity contribution in [1.82, 2.24) is 15.6 Å². The number of fused-ring (bicyclic) bond motifs is 2. The number of nitrogens with one attached hydrogen (secondary N) is 2. The highest BCUT2D eigenvalue weighted by Gasteiger charge is 2.39. The number of rotatable bonds is 3. The van der Waals surface area contributed by atoms with Gasteiger partial charge < -0.3 is 10.6 Å². The molecular weight excluding hydrogens is 282 g/mol. The van der Waals surface area contributed by atoms with E-state index >= 15 is 0 Å². The van der Waals surface area contributed by atoms with E-state index in [-0.39, 0.29) is 5.91 Å². The summed E-state index contributed by atoms with van der Waals surface area (Å²) >= 11 is 1.53. The number of carbonyl (C=O) groups excluding carboxylic acids is 1. The lowest BCUT2D eigenvalue weighted by molar-refractivity contribution is 0.0935. The molecule has 108 valence electrons. The van der Waals surface area contributed by atoms with Gasteiger partial charge in [-0.15, -0.1) is 11.3 Å². The molecule has 2 aliphatic heterocycles. The van der Waals surface area contributed by atoms with Crippen LogP contribution in [0.1, 0.15) is 28.9 Å². The number of carbonyl (C=O) groups is 1. The van der Waals surface area contributed by atoms with Crippen molar-refractivity contribution in [3.8, 4) is 10.4 Å². The normalized spacial score (nSPS) is 27.0. The van der Waals surface area contributed by atoms with Crippen LogP contribution in [0, 0.1) is 0 Å². The first kappa shape index (κ1) is 13.0. The molecule has 0 aliphatic carbocycles. The minimum Gasteiger partial charge on any atom is -0.347 e. The number of pyridine rings is 1. The van der Waals surface area contributed by atoms with E-state index in [0.717, 1.165) is 21.7 Å². The van der Waals surface area contributed by atoms with Crippen LogP contribution in [-0.2, 0) is 0 Å². The molecule has 2 fully saturated rings. The van der Waals surface area contributed by atoms with Crippen LogP contribution in [0.2, 0.25) is 0 Å². The summed E-state index contributed by atoms with van der Waals surface area (Å²) in [5.74, 6) is 0.0505. The Morgan fingerprint density at radius 1 is 1.33 bits per heavy atom. The van der Waals surface area contributed by atoms with Gasteiger partial charge in [0.15, 0.2) is 0 Å². The fourth-order valence-electron chi connectivity index (χ4n) is 3.35. The van der Waals surface area contributed by atoms with Crippen LogP contribution < -0.4 is 10.6 Å². The molecule has 1 amide bonds. The van der Waals surface area contributed by atoms with E-state index in [4.69, 9.17) is 0 Å². The summed E-state index contributed by atoms with van der Waals surface area (Å²) < 4.78 is 0. The largest absolute Gasteiger partial charge is 0.347 e. The van der Waals surface area contributed by atoms with Gasteiger partial charge in [0.05, 0.1) is 4.88 Å². The highest BCUT2D eigenvalue weighted by molar-refractivity contribution is 7.17. The van der Waals surface area contributed by atoms with Crippen LogP contribution in [0.15, 0.2) is 36.7 Å². The number of nitrogens with zero attached hydrogens (tertiary/aromatic N) is 1. The average Bonchev–Trinajstić information content (AvgIpc) is 3.24. The average molecular weight is 299 g/mol. The van der Waals surface area contributed by atoms with Crippen molar-refractivity contribution < 1.29 is 4.79 Å². The molecule has 21 heavy (non-hydrogen) atoms. The number of amides is 1. The van der Waals surface area contributed by atoms with E-state index in [1.165, 1.54) is 24.2 Å². The summed E-state index contributed by atoms with van der Waals surface area (Å²) in [6, 6.07) is 9.20. The zero-order valence-corrected chi connectivity index (χ0v) is 12.4. The third-order valence-corrected chi connectivity index (χ3v) is 5.53. The van der Waals surface area contributed by atoms with Gasteiger partial charge in [0.1, 0.15) is 0 Å². The summed E-state index contributed by atoms with van der Waals surface area (Å²) in [5, 5.41) is 6.73. The summed E-state index contributed by atoms with van der Waals surface area (Å²) in [6.07, 6.45) is 7.08. The fourth-order valence-corrected chi connectivity index (χ4v) is 4.25. The number of hydrogen-bond acceptors (Lipinski definition) is 4. The lowest BCUT2D eigenvalue weighted by atomic mass is 9.95. The Hall–Kier alpha value is -1.72. The molecule has 4 rings (SSSR count). The third kappa shape index (κ3) is 2.47. The summed E-state index contributed by atoms with van der Waals surface area (Å²) in [7, 11) is 0. The second-order valence-corrected chi connectivity index (χ2v) is 6.85. The Labute approximate surface area is 127 Å². The number of thiophene rings is 1. The summed E-state index contributed by atoms with van der Waals surface area (Å²) in [5.41, 5.74) is 1.06. The Balaban J connectivity index is 1.47. The van der Waals surface area contributed by atoms with Gasteiger partial charge in [-0.2, -0.15) is 0 Å². The van der Waals surface area contributed by atoms with Crippen molar-refractivity contribution in [1.29, 1.82) is 0 Å². The van der Waals surface area contributed by atoms with Crippen molar-refractivity contribution in [2.75, 3.05) is 0 Å². The van der Waals surface area contributed by atoms with Crippen molar-refractivity contribution >= 4 is 17.2 Å². The maximum Gasteiger partial charge on any atom is 0.261 e. The number of aromatic nitrogens is 1. The molecule has 3 atom stereocenters. The molecule has 2 aliphatic rings. The minimum atomic E-state index is 0.0505. The Bertz CT molecular complexity index is 655. The molecule has 2 bridgehead atoms. The van der Waals surface area contributed by atoms with E-state index in [1.54, 1.807) is 6.20 Å². The number of hydrogen-bond donors (Lipinski definition) is 2. The van der Waals surface area contributed by atoms with E-state index in [2.05, 4.69) is 15.6 Å². The molecule has 4 heterocycles. The maximum atomic E-state index is 12.4. The van der Waals surface area contributed by atoms with Gasteiger partial charge in [-0.25, -0.2) is 0 Å². The van der Waals surface area contributed by atoms with Gasteiger partial charge in [0.25, 0.3) is 5.91 Å². The van der Waals surface area contributed by atoms with E-state index < -0.39 is 0 Å². The Kier molecular flexibility index (Phi) is 3.24. The summed E-state index contributed by atoms with van der Waals surface area (Å²) in [4.78, 5) is 18.4. The monoisotopic (exact) mass is 299 g/mol. The third-order valence-electron chi connectivity index (χ3n) is 4.39. The zero-order valence-electron chi connectivity index (χ0n) is 11.6. The molecule has 2 aromatic rings. The van der Waals surface area contributed by atoms with Gasteiger partial charge in [-0.05, 0) is 37.5 Å². The van der Waals surface area contributed by atoms with Gasteiger partial charge in [-0.1, -0.05) is 6.07 Å². The predicted molar refractivity (Wildman–Crippen MR) is 83.4 cm³/mol. The minimum absolute atomic E-state index is 0.0505. The second kappa shape index (κ2) is 5.24. The highest BCUT2D eigenvalue weighted by Crippen LogP contribution is 2.30. The predicted octanol–water partition coefficient (Wildman–Crippen LogP) is 2.43. The molecule has 4 nitrogen and oxygen atoms in total. The van der Waals surface area contributed by atoms with Crippen molar-refractivity contribution in [2.24, 2.45) is 0 Å². The van der Waals surface area contributed by atoms with E-state index in [0.29, 0.717) is 18.1 Å². The first-order valence-corrected chi connectivity index (χ1v) is 8.18. The second-order valence-electron chi connectivity index (χ2n) is 5.77. The molecule has 0 radical (unpaired) electrons. The van der Waals surface area contributed by atoms with Crippen LogP contribution in [-0.4, -0.2) is 29.0 Å². The highest BCUT2D eigenvalue weighted by atomic mass is 32.1. The van der Waals surface area contributed by atoms with E-state index in [9.17, 15) is 4.79 Å². The van der Waals surface area contributed by atoms with Crippen LogP contribution in [0.4, 0.5) is 0 Å². The smallest absolute Gasteiger partial charge is 0.261 e. The van der Waals surface area contributed by atoms with E-state index in [1.807, 2.05) is 30.5 Å². The fraction of sp³-hybridized carbons (Fsp3) is 0.375. The first-order chi connectivity index (χ1) is 10.3. The molecule has 0 spiro atoms. The van der Waals surface area contributed by atoms with Gasteiger partial charge in [0, 0.05) is 41.0 Å². The molecule has 2 aromatic heterocycles. The van der Waals surface area contributed by atoms with Gasteiger partial charge >= 0.3 is 0 Å². The zero-order chi connectivity index (χ0) is 14.2. The SMILES string of the molecule is O=C(N[C@@H]1C[C@@H]2CC[C@@H]1N2)c1ccc(-c2cccnc2)s1. The van der Waals surface area contributed by atoms with Crippen LogP contribution in [0.3, 0.4) is 0 Å². The van der Waals surface area contributed by atoms with Gasteiger partial charge in [-0.3, -0.25) is 9.78 Å². The van der Waals surface area contributed by atoms with Gasteiger partial charge in [0.2, 0.25) is 0 Å². The maximum absolute atomic E-state index is 12.4. The van der Waals surface area contributed by atoms with Crippen LogP contribution in [0.5, 0.6) is 0 Å². The molecular formula is C16H17N3OS. The van der Waals surface area contributed by atoms with Crippen molar-refractivity contribution in [3.63, 3.8) is 0 Å². The van der Waals surface area contributed by atoms with Crippen molar-refractivity contribution in [2.45, 2.75) is 37.4 Å². The van der Waals surface area contributed by atoms with Crippen molar-refractivity contribution in [3.05, 3.63) is 41.5 Å². The summed E-state index contributed by atoms with van der Waals surface area (Å²) in [6.45, 7) is 0. The molecule has 2 N–H and O–H groups in total. The quantitative estimate of drug-likeness (QED) is 0.915. The molecule has 0 aromatic carbocycles. The standard InChI is InChI=1S/C16H17N3OS/c20-16(19-13-8-11-3-4-12(13)18-11)15-6-5-14(21-15)10-2-1-7-17-9-10/h1-2,5-7,9,11-13,18H,3-4,8H2,(H,19,20)/t11-,12-,13+/m0/s1. The van der Waals surface area contributed by atoms with Crippen LogP contribution in [0.25, 0.3) is 10.4 Å². The topological polar surface area (TPSA) is 54.0 Å².